The first-order valence-electron chi connectivity index (χ1n) is 7.39. The Morgan fingerprint density at radius 2 is 2.14 bits per heavy atom. The molecule has 1 aromatic rings. The molecule has 1 aromatic heterocycles. The molecule has 0 aliphatic carbocycles. The van der Waals surface area contributed by atoms with Crippen LogP contribution in [0.3, 0.4) is 0 Å². The van der Waals surface area contributed by atoms with E-state index in [4.69, 9.17) is 0 Å². The Morgan fingerprint density at radius 3 is 2.68 bits per heavy atom. The highest BCUT2D eigenvalue weighted by atomic mass is 32.2. The van der Waals surface area contributed by atoms with Crippen molar-refractivity contribution in [3.8, 4) is 0 Å². The van der Waals surface area contributed by atoms with Gasteiger partial charge in [-0.3, -0.25) is 9.78 Å². The van der Waals surface area contributed by atoms with Crippen molar-refractivity contribution >= 4 is 15.9 Å². The molecular weight excluding hydrogens is 302 g/mol. The van der Waals surface area contributed by atoms with Crippen molar-refractivity contribution in [1.82, 2.24) is 14.6 Å². The fourth-order valence-corrected chi connectivity index (χ4v) is 2.68. The molecule has 0 atom stereocenters. The van der Waals surface area contributed by atoms with Crippen LogP contribution in [-0.4, -0.2) is 43.0 Å². The Bertz CT molecular complexity index is 559. The fraction of sp³-hybridized carbons (Fsp3) is 0.600. The van der Waals surface area contributed by atoms with Crippen LogP contribution >= 0.6 is 0 Å². The third kappa shape index (κ3) is 7.51. The molecule has 1 rings (SSSR count). The molecule has 1 heterocycles. The summed E-state index contributed by atoms with van der Waals surface area (Å²) in [4.78, 5) is 15.7. The summed E-state index contributed by atoms with van der Waals surface area (Å²) in [5, 5.41) is 2.81. The zero-order valence-corrected chi connectivity index (χ0v) is 14.3. The van der Waals surface area contributed by atoms with E-state index < -0.39 is 10.0 Å². The average Bonchev–Trinajstić information content (AvgIpc) is 2.43. The lowest BCUT2D eigenvalue weighted by Crippen LogP contribution is -2.34. The third-order valence-electron chi connectivity index (χ3n) is 3.18. The number of aromatic nitrogens is 1. The van der Waals surface area contributed by atoms with Crippen LogP contribution in [0.5, 0.6) is 0 Å². The maximum Gasteiger partial charge on any atom is 0.221 e. The van der Waals surface area contributed by atoms with Crippen LogP contribution in [0, 0.1) is 5.92 Å². The number of hydrogen-bond donors (Lipinski definition) is 1. The lowest BCUT2D eigenvalue weighted by atomic mass is 10.1. The summed E-state index contributed by atoms with van der Waals surface area (Å²) in [5.74, 6) is 0.402. The molecule has 0 spiro atoms. The van der Waals surface area contributed by atoms with Crippen molar-refractivity contribution in [1.29, 1.82) is 0 Å². The summed E-state index contributed by atoms with van der Waals surface area (Å²) < 4.78 is 24.9. The average molecular weight is 327 g/mol. The number of carbonyl (C=O) groups excluding carboxylic acids is 1. The minimum absolute atomic E-state index is 0.125. The van der Waals surface area contributed by atoms with Gasteiger partial charge in [0.05, 0.1) is 6.26 Å². The lowest BCUT2D eigenvalue weighted by molar-refractivity contribution is -0.121. The van der Waals surface area contributed by atoms with Crippen molar-refractivity contribution in [2.24, 2.45) is 5.92 Å². The third-order valence-corrected chi connectivity index (χ3v) is 4.43. The molecule has 0 aliphatic heterocycles. The van der Waals surface area contributed by atoms with E-state index in [2.05, 4.69) is 24.1 Å². The minimum Gasteiger partial charge on any atom is -0.356 e. The van der Waals surface area contributed by atoms with Gasteiger partial charge in [-0.15, -0.1) is 0 Å². The van der Waals surface area contributed by atoms with Gasteiger partial charge in [0.15, 0.2) is 0 Å². The number of pyridine rings is 1. The van der Waals surface area contributed by atoms with E-state index in [1.807, 2.05) is 6.07 Å². The molecule has 0 unspecified atom stereocenters. The van der Waals surface area contributed by atoms with E-state index in [0.29, 0.717) is 12.5 Å². The second-order valence-electron chi connectivity index (χ2n) is 5.74. The Morgan fingerprint density at radius 1 is 1.41 bits per heavy atom. The predicted molar refractivity (Wildman–Crippen MR) is 86.6 cm³/mol. The second-order valence-corrected chi connectivity index (χ2v) is 7.72. The highest BCUT2D eigenvalue weighted by Gasteiger charge is 2.18. The molecule has 0 bridgehead atoms. The quantitative estimate of drug-likeness (QED) is 0.743. The SMILES string of the molecule is CC(C)CCNC(=O)CCN(Cc1cccnc1)S(C)(=O)=O. The Kier molecular flexibility index (Phi) is 7.47. The van der Waals surface area contributed by atoms with Gasteiger partial charge in [-0.25, -0.2) is 8.42 Å². The van der Waals surface area contributed by atoms with Crippen molar-refractivity contribution in [2.75, 3.05) is 19.3 Å². The van der Waals surface area contributed by atoms with E-state index in [9.17, 15) is 13.2 Å². The summed E-state index contributed by atoms with van der Waals surface area (Å²) in [5.41, 5.74) is 0.799. The Hall–Kier alpha value is -1.47. The Labute approximate surface area is 133 Å². The van der Waals surface area contributed by atoms with Crippen molar-refractivity contribution in [3.05, 3.63) is 30.1 Å². The van der Waals surface area contributed by atoms with Crippen LogP contribution in [0.4, 0.5) is 0 Å². The monoisotopic (exact) mass is 327 g/mol. The van der Waals surface area contributed by atoms with Crippen LogP contribution in [-0.2, 0) is 21.4 Å². The largest absolute Gasteiger partial charge is 0.356 e. The van der Waals surface area contributed by atoms with Crippen LogP contribution in [0.2, 0.25) is 0 Å². The highest BCUT2D eigenvalue weighted by molar-refractivity contribution is 7.88. The molecule has 1 amide bonds. The van der Waals surface area contributed by atoms with Gasteiger partial charge in [0, 0.05) is 38.4 Å². The first-order chi connectivity index (χ1) is 10.3. The van der Waals surface area contributed by atoms with E-state index in [1.54, 1.807) is 18.5 Å². The van der Waals surface area contributed by atoms with Crippen LogP contribution in [0.15, 0.2) is 24.5 Å². The van der Waals surface area contributed by atoms with Crippen molar-refractivity contribution in [3.63, 3.8) is 0 Å². The molecule has 0 radical (unpaired) electrons. The van der Waals surface area contributed by atoms with Crippen molar-refractivity contribution in [2.45, 2.75) is 33.2 Å². The standard InChI is InChI=1S/C15H25N3O3S/c1-13(2)6-9-17-15(19)7-10-18(22(3,20)21)12-14-5-4-8-16-11-14/h4-5,8,11,13H,6-7,9-10,12H2,1-3H3,(H,17,19). The fourth-order valence-electron chi connectivity index (χ4n) is 1.87. The van der Waals surface area contributed by atoms with Gasteiger partial charge in [-0.05, 0) is 24.0 Å². The molecular formula is C15H25N3O3S. The van der Waals surface area contributed by atoms with E-state index in [-0.39, 0.29) is 25.4 Å². The van der Waals surface area contributed by atoms with Gasteiger partial charge in [0.25, 0.3) is 0 Å². The van der Waals surface area contributed by atoms with Gasteiger partial charge >= 0.3 is 0 Å². The number of hydrogen-bond acceptors (Lipinski definition) is 4. The summed E-state index contributed by atoms with van der Waals surface area (Å²) in [7, 11) is -3.37. The number of amides is 1. The molecule has 124 valence electrons. The predicted octanol–water partition coefficient (Wildman–Crippen LogP) is 1.40. The Balaban J connectivity index is 2.51. The van der Waals surface area contributed by atoms with Crippen molar-refractivity contribution < 1.29 is 13.2 Å². The van der Waals surface area contributed by atoms with Crippen LogP contribution in [0.1, 0.15) is 32.3 Å². The number of carbonyl (C=O) groups is 1. The van der Waals surface area contributed by atoms with Gasteiger partial charge in [-0.2, -0.15) is 4.31 Å². The number of rotatable bonds is 9. The minimum atomic E-state index is -3.37. The molecule has 6 nitrogen and oxygen atoms in total. The summed E-state index contributed by atoms with van der Waals surface area (Å²) >= 11 is 0. The first kappa shape index (κ1) is 18.6. The smallest absolute Gasteiger partial charge is 0.221 e. The maximum absolute atomic E-state index is 11.8. The van der Waals surface area contributed by atoms with Crippen LogP contribution in [0.25, 0.3) is 0 Å². The molecule has 7 heteroatoms. The summed E-state index contributed by atoms with van der Waals surface area (Å²) in [6, 6.07) is 3.57. The molecule has 0 aromatic carbocycles. The molecule has 0 saturated carbocycles. The zero-order chi connectivity index (χ0) is 16.6. The summed E-state index contributed by atoms with van der Waals surface area (Å²) in [6.45, 7) is 5.20. The van der Waals surface area contributed by atoms with E-state index >= 15 is 0 Å². The van der Waals surface area contributed by atoms with Gasteiger partial charge in [-0.1, -0.05) is 19.9 Å². The number of nitrogens with zero attached hydrogens (tertiary/aromatic N) is 2. The lowest BCUT2D eigenvalue weighted by Gasteiger charge is -2.19. The maximum atomic E-state index is 11.8. The highest BCUT2D eigenvalue weighted by Crippen LogP contribution is 2.08. The first-order valence-corrected chi connectivity index (χ1v) is 9.24. The topological polar surface area (TPSA) is 79.4 Å². The summed E-state index contributed by atoms with van der Waals surface area (Å²) in [6.07, 6.45) is 5.49. The molecule has 1 N–H and O–H groups in total. The number of nitrogens with one attached hydrogen (secondary N) is 1. The second kappa shape index (κ2) is 8.85. The van der Waals surface area contributed by atoms with E-state index in [1.165, 1.54) is 4.31 Å². The zero-order valence-electron chi connectivity index (χ0n) is 13.4. The molecule has 0 fully saturated rings. The normalized spacial score (nSPS) is 11.9. The van der Waals surface area contributed by atoms with Gasteiger partial charge < -0.3 is 5.32 Å². The van der Waals surface area contributed by atoms with Gasteiger partial charge in [0.1, 0.15) is 0 Å². The number of sulfonamides is 1. The molecule has 22 heavy (non-hydrogen) atoms. The van der Waals surface area contributed by atoms with E-state index in [0.717, 1.165) is 18.2 Å². The van der Waals surface area contributed by atoms with Gasteiger partial charge in [0.2, 0.25) is 15.9 Å². The molecule has 0 aliphatic rings. The van der Waals surface area contributed by atoms with Crippen LogP contribution < -0.4 is 5.32 Å². The molecule has 0 saturated heterocycles.